The molecule has 0 saturated heterocycles. The van der Waals surface area contributed by atoms with Crippen LogP contribution in [-0.4, -0.2) is 0 Å². The molecule has 2 aromatic carbocycles. The fourth-order valence-electron chi connectivity index (χ4n) is 8.45. The van der Waals surface area contributed by atoms with Gasteiger partial charge in [0.25, 0.3) is 0 Å². The minimum absolute atomic E-state index is 0.904. The normalized spacial score (nSPS) is 20.9. The van der Waals surface area contributed by atoms with Crippen molar-refractivity contribution < 1.29 is 20.3 Å². The first-order chi connectivity index (χ1) is 19.3. The first-order valence-electron chi connectivity index (χ1n) is 16.2. The predicted octanol–water partition coefficient (Wildman–Crippen LogP) is 10.9. The maximum absolute atomic E-state index is 3.16. The van der Waals surface area contributed by atoms with Crippen LogP contribution in [0.4, 0.5) is 0 Å². The van der Waals surface area contributed by atoms with Crippen LogP contribution in [0.1, 0.15) is 101 Å². The van der Waals surface area contributed by atoms with Crippen LogP contribution in [0.15, 0.2) is 103 Å². The van der Waals surface area contributed by atoms with Crippen LogP contribution in [0.5, 0.6) is 0 Å². The third-order valence-corrected chi connectivity index (χ3v) is 23.6. The molecule has 0 heterocycles. The molecule has 0 unspecified atom stereocenters. The van der Waals surface area contributed by atoms with Crippen molar-refractivity contribution in [1.29, 1.82) is 0 Å². The van der Waals surface area contributed by atoms with Crippen LogP contribution in [0.25, 0.3) is 0 Å². The van der Waals surface area contributed by atoms with Gasteiger partial charge >= 0.3 is 244 Å². The van der Waals surface area contributed by atoms with Crippen LogP contribution in [-0.2, 0) is 28.5 Å². The summed E-state index contributed by atoms with van der Waals surface area (Å²) in [5.74, 6) is 1.81. The van der Waals surface area contributed by atoms with Crippen LogP contribution in [0.3, 0.4) is 0 Å². The Labute approximate surface area is 242 Å². The second-order valence-corrected chi connectivity index (χ2v) is 23.1. The number of hydrogen-bond acceptors (Lipinski definition) is 0. The zero-order chi connectivity index (χ0) is 26.3. The zero-order valence-corrected chi connectivity index (χ0v) is 26.5. The third-order valence-electron chi connectivity index (χ3n) is 10.4. The van der Waals surface area contributed by atoms with E-state index in [2.05, 4.69) is 85.0 Å². The van der Waals surface area contributed by atoms with Crippen LogP contribution in [0.2, 0.25) is 0 Å². The summed E-state index contributed by atoms with van der Waals surface area (Å²) in [7, 11) is 0. The SMILES string of the molecule is C1=CC(CC2CCCCC2)=[C]([Zr]([CH2]c2ccccc2)([CH2]c2ccccc2)[C]2=C(CC3CCCCC3)C=CC2)C1. The van der Waals surface area contributed by atoms with E-state index in [1.807, 2.05) is 6.56 Å². The van der Waals surface area contributed by atoms with E-state index >= 15 is 0 Å². The summed E-state index contributed by atoms with van der Waals surface area (Å²) < 4.78 is 6.56. The summed E-state index contributed by atoms with van der Waals surface area (Å²) in [6.07, 6.45) is 29.9. The molecule has 204 valence electrons. The molecule has 2 fully saturated rings. The average molecular weight is 596 g/mol. The van der Waals surface area contributed by atoms with Gasteiger partial charge in [0.05, 0.1) is 0 Å². The van der Waals surface area contributed by atoms with Crippen molar-refractivity contribution in [2.24, 2.45) is 11.8 Å². The van der Waals surface area contributed by atoms with Crippen molar-refractivity contribution in [2.75, 3.05) is 0 Å². The van der Waals surface area contributed by atoms with Gasteiger partial charge in [0, 0.05) is 0 Å². The number of benzene rings is 2. The number of allylic oxidation sites excluding steroid dienone is 8. The van der Waals surface area contributed by atoms with Crippen molar-refractivity contribution >= 4 is 0 Å². The quantitative estimate of drug-likeness (QED) is 0.256. The molecule has 2 saturated carbocycles. The summed E-state index contributed by atoms with van der Waals surface area (Å²) in [4.78, 5) is 0. The summed E-state index contributed by atoms with van der Waals surface area (Å²) in [5, 5.41) is 0. The van der Waals surface area contributed by atoms with Gasteiger partial charge in [-0.15, -0.1) is 0 Å². The Hall–Kier alpha value is -1.72. The maximum atomic E-state index is 2.59. The van der Waals surface area contributed by atoms with E-state index in [9.17, 15) is 0 Å². The van der Waals surface area contributed by atoms with Crippen molar-refractivity contribution in [3.8, 4) is 0 Å². The molecule has 39 heavy (non-hydrogen) atoms. The molecule has 0 aromatic heterocycles. The van der Waals surface area contributed by atoms with E-state index in [-0.39, 0.29) is 0 Å². The van der Waals surface area contributed by atoms with Gasteiger partial charge in [-0.25, -0.2) is 0 Å². The number of rotatable bonds is 10. The Morgan fingerprint density at radius 2 is 0.923 bits per heavy atom. The van der Waals surface area contributed by atoms with Crippen LogP contribution >= 0.6 is 0 Å². The Bertz CT molecular complexity index is 1100. The van der Waals surface area contributed by atoms with Gasteiger partial charge in [0.2, 0.25) is 0 Å². The van der Waals surface area contributed by atoms with Gasteiger partial charge in [-0.1, -0.05) is 0 Å². The van der Waals surface area contributed by atoms with Crippen molar-refractivity contribution in [2.45, 2.75) is 98.1 Å². The van der Waals surface area contributed by atoms with Gasteiger partial charge in [0.1, 0.15) is 0 Å². The molecule has 0 spiro atoms. The van der Waals surface area contributed by atoms with Crippen molar-refractivity contribution in [1.82, 2.24) is 0 Å². The van der Waals surface area contributed by atoms with Gasteiger partial charge in [-0.2, -0.15) is 0 Å². The molecule has 0 nitrogen and oxygen atoms in total. The van der Waals surface area contributed by atoms with E-state index in [1.165, 1.54) is 98.1 Å². The first-order valence-corrected chi connectivity index (χ1v) is 22.1. The van der Waals surface area contributed by atoms with E-state index in [1.54, 1.807) is 22.3 Å². The van der Waals surface area contributed by atoms with E-state index in [0.717, 1.165) is 11.8 Å². The molecule has 0 N–H and O–H groups in total. The third kappa shape index (κ3) is 6.62. The van der Waals surface area contributed by atoms with Gasteiger partial charge in [-0.05, 0) is 0 Å². The molecule has 0 amide bonds. The van der Waals surface area contributed by atoms with Gasteiger partial charge in [0.15, 0.2) is 0 Å². The number of hydrogen-bond donors (Lipinski definition) is 0. The molecular weight excluding hydrogens is 548 g/mol. The van der Waals surface area contributed by atoms with E-state index < -0.39 is 20.3 Å². The van der Waals surface area contributed by atoms with Gasteiger partial charge in [-0.3, -0.25) is 0 Å². The van der Waals surface area contributed by atoms with E-state index in [4.69, 9.17) is 0 Å². The molecule has 2 aromatic rings. The molecule has 6 rings (SSSR count). The Morgan fingerprint density at radius 3 is 1.33 bits per heavy atom. The summed E-state index contributed by atoms with van der Waals surface area (Å²) >= 11 is -3.16. The molecule has 0 radical (unpaired) electrons. The van der Waals surface area contributed by atoms with Crippen LogP contribution in [0, 0.1) is 11.8 Å². The fraction of sp³-hybridized carbons (Fsp3) is 0.474. The van der Waals surface area contributed by atoms with E-state index in [0.29, 0.717) is 0 Å². The topological polar surface area (TPSA) is 0 Å². The summed E-state index contributed by atoms with van der Waals surface area (Å²) in [6, 6.07) is 23.3. The molecule has 4 aliphatic carbocycles. The predicted molar refractivity (Wildman–Crippen MR) is 164 cm³/mol. The molecule has 4 aliphatic rings. The average Bonchev–Trinajstić information content (AvgIpc) is 3.65. The Balaban J connectivity index is 1.47. The second kappa shape index (κ2) is 13.3. The standard InChI is InChI=1S/2C12H17.2C7H7.Zr/c2*1-2-6-11(7-3-1)10-12-8-4-5-9-12;2*1-7-5-3-2-4-6-7;/h2*4,8,11H,1-3,5-7,10H2;2*2-6H,1H2;. The van der Waals surface area contributed by atoms with Gasteiger partial charge < -0.3 is 0 Å². The second-order valence-electron chi connectivity index (χ2n) is 13.0. The summed E-state index contributed by atoms with van der Waals surface area (Å²) in [5.41, 5.74) is 6.72. The minimum atomic E-state index is -3.16. The zero-order valence-electron chi connectivity index (χ0n) is 24.1. The Kier molecular flexibility index (Phi) is 9.36. The van der Waals surface area contributed by atoms with Crippen LogP contribution < -0.4 is 0 Å². The molecule has 0 bridgehead atoms. The first kappa shape index (κ1) is 27.5. The monoisotopic (exact) mass is 594 g/mol. The Morgan fingerprint density at radius 1 is 0.513 bits per heavy atom. The molecule has 1 heteroatoms. The van der Waals surface area contributed by atoms with Crippen molar-refractivity contribution in [3.05, 3.63) is 114 Å². The molecular formula is C38H48Zr. The van der Waals surface area contributed by atoms with Crippen molar-refractivity contribution in [3.63, 3.8) is 0 Å². The molecule has 0 aliphatic heterocycles. The fourth-order valence-corrected chi connectivity index (χ4v) is 22.8. The summed E-state index contributed by atoms with van der Waals surface area (Å²) in [6.45, 7) is 0. The molecule has 0 atom stereocenters.